The molecule has 0 spiro atoms. The number of aryl methyl sites for hydroxylation is 1. The van der Waals surface area contributed by atoms with Crippen LogP contribution >= 0.6 is 12.4 Å². The molecule has 0 N–H and O–H groups in total. The fourth-order valence-electron chi connectivity index (χ4n) is 2.92. The van der Waals surface area contributed by atoms with Gasteiger partial charge in [-0.05, 0) is 43.3 Å². The van der Waals surface area contributed by atoms with Crippen molar-refractivity contribution in [3.05, 3.63) is 47.5 Å². The number of hydrogen-bond acceptors (Lipinski definition) is 2. The van der Waals surface area contributed by atoms with Gasteiger partial charge in [-0.1, -0.05) is 36.4 Å². The Bertz CT molecular complexity index is 621. The van der Waals surface area contributed by atoms with E-state index in [0.717, 1.165) is 18.4 Å². The zero-order chi connectivity index (χ0) is 12.7. The molecule has 100 valence electrons. The van der Waals surface area contributed by atoms with Gasteiger partial charge in [0.25, 0.3) is 0 Å². The number of ketones is 1. The lowest BCUT2D eigenvalue weighted by Crippen LogP contribution is -2.39. The van der Waals surface area contributed by atoms with Crippen molar-refractivity contribution >= 4 is 29.0 Å². The van der Waals surface area contributed by atoms with Gasteiger partial charge in [0, 0.05) is 5.56 Å². The Morgan fingerprint density at radius 3 is 2.58 bits per heavy atom. The third-order valence-electron chi connectivity index (χ3n) is 3.90. The Labute approximate surface area is 119 Å². The molecule has 1 aliphatic rings. The van der Waals surface area contributed by atoms with Crippen LogP contribution in [-0.4, -0.2) is 30.8 Å². The van der Waals surface area contributed by atoms with Crippen LogP contribution in [0.4, 0.5) is 0 Å². The van der Waals surface area contributed by atoms with Gasteiger partial charge in [0.1, 0.15) is 0 Å². The van der Waals surface area contributed by atoms with Crippen LogP contribution in [0.1, 0.15) is 22.3 Å². The van der Waals surface area contributed by atoms with E-state index in [1.165, 1.54) is 16.3 Å². The second-order valence-corrected chi connectivity index (χ2v) is 5.20. The quantitative estimate of drug-likeness (QED) is 0.796. The number of benzene rings is 2. The lowest BCUT2D eigenvalue weighted by molar-refractivity contribution is 0.0854. The predicted octanol–water partition coefficient (Wildman–Crippen LogP) is 3.32. The monoisotopic (exact) mass is 275 g/mol. The second kappa shape index (κ2) is 5.32. The van der Waals surface area contributed by atoms with Crippen molar-refractivity contribution in [2.24, 2.45) is 0 Å². The molecule has 0 saturated carbocycles. The maximum Gasteiger partial charge on any atom is 0.180 e. The van der Waals surface area contributed by atoms with Crippen molar-refractivity contribution in [3.8, 4) is 0 Å². The van der Waals surface area contributed by atoms with E-state index in [2.05, 4.69) is 18.2 Å². The van der Waals surface area contributed by atoms with Gasteiger partial charge in [0.05, 0.1) is 6.04 Å². The minimum Gasteiger partial charge on any atom is -0.299 e. The van der Waals surface area contributed by atoms with Gasteiger partial charge in [-0.3, -0.25) is 9.69 Å². The molecule has 0 fully saturated rings. The molecule has 0 bridgehead atoms. The summed E-state index contributed by atoms with van der Waals surface area (Å²) >= 11 is 0. The van der Waals surface area contributed by atoms with E-state index in [1.807, 2.05) is 37.2 Å². The van der Waals surface area contributed by atoms with Crippen LogP contribution in [0.25, 0.3) is 10.8 Å². The molecule has 1 aliphatic carbocycles. The lowest BCUT2D eigenvalue weighted by atomic mass is 9.84. The summed E-state index contributed by atoms with van der Waals surface area (Å²) in [6.07, 6.45) is 1.91. The number of rotatable bonds is 1. The molecule has 2 aromatic carbocycles. The van der Waals surface area contributed by atoms with Gasteiger partial charge in [-0.25, -0.2) is 0 Å². The summed E-state index contributed by atoms with van der Waals surface area (Å²) in [5.74, 6) is 0.270. The molecule has 0 radical (unpaired) electrons. The highest BCUT2D eigenvalue weighted by Gasteiger charge is 2.29. The Hall–Kier alpha value is -1.38. The predicted molar refractivity (Wildman–Crippen MR) is 81.3 cm³/mol. The third-order valence-corrected chi connectivity index (χ3v) is 3.90. The average Bonchev–Trinajstić information content (AvgIpc) is 2.38. The Balaban J connectivity index is 0.00000133. The number of fused-ring (bicyclic) bond motifs is 3. The van der Waals surface area contributed by atoms with Crippen molar-refractivity contribution < 1.29 is 4.79 Å². The SMILES string of the molecule is CN(C)C1CCc2c(ccc3ccccc23)C1=O.Cl. The van der Waals surface area contributed by atoms with Crippen LogP contribution in [0.15, 0.2) is 36.4 Å². The Kier molecular flexibility index (Phi) is 3.93. The van der Waals surface area contributed by atoms with Crippen LogP contribution in [-0.2, 0) is 6.42 Å². The molecule has 0 aromatic heterocycles. The lowest BCUT2D eigenvalue weighted by Gasteiger charge is -2.29. The van der Waals surface area contributed by atoms with E-state index >= 15 is 0 Å². The molecule has 1 atom stereocenters. The van der Waals surface area contributed by atoms with Crippen LogP contribution in [0, 0.1) is 0 Å². The molecule has 3 rings (SSSR count). The fourth-order valence-corrected chi connectivity index (χ4v) is 2.92. The largest absolute Gasteiger partial charge is 0.299 e. The number of carbonyl (C=O) groups excluding carboxylic acids is 1. The summed E-state index contributed by atoms with van der Waals surface area (Å²) in [5.41, 5.74) is 2.15. The molecule has 0 amide bonds. The summed E-state index contributed by atoms with van der Waals surface area (Å²) in [6.45, 7) is 0. The maximum atomic E-state index is 12.5. The molecule has 19 heavy (non-hydrogen) atoms. The van der Waals surface area contributed by atoms with Crippen molar-refractivity contribution in [1.29, 1.82) is 0 Å². The molecular formula is C16H18ClNO. The third kappa shape index (κ3) is 2.26. The van der Waals surface area contributed by atoms with Gasteiger partial charge in [-0.2, -0.15) is 0 Å². The summed E-state index contributed by atoms with van der Waals surface area (Å²) in [5, 5.41) is 2.47. The summed E-state index contributed by atoms with van der Waals surface area (Å²) < 4.78 is 0. The standard InChI is InChI=1S/C16H17NO.ClH/c1-17(2)15-10-9-13-12-6-4-3-5-11(12)7-8-14(13)16(15)18;/h3-8,15H,9-10H2,1-2H3;1H. The van der Waals surface area contributed by atoms with E-state index in [-0.39, 0.29) is 24.2 Å². The zero-order valence-corrected chi connectivity index (χ0v) is 12.0. The normalized spacial score (nSPS) is 18.3. The Morgan fingerprint density at radius 1 is 1.11 bits per heavy atom. The summed E-state index contributed by atoms with van der Waals surface area (Å²) in [4.78, 5) is 14.5. The summed E-state index contributed by atoms with van der Waals surface area (Å²) in [7, 11) is 3.96. The second-order valence-electron chi connectivity index (χ2n) is 5.20. The highest BCUT2D eigenvalue weighted by Crippen LogP contribution is 2.30. The van der Waals surface area contributed by atoms with Gasteiger partial charge >= 0.3 is 0 Å². The van der Waals surface area contributed by atoms with E-state index in [9.17, 15) is 4.79 Å². The van der Waals surface area contributed by atoms with E-state index in [1.54, 1.807) is 0 Å². The van der Waals surface area contributed by atoms with Crippen LogP contribution < -0.4 is 0 Å². The molecule has 2 nitrogen and oxygen atoms in total. The highest BCUT2D eigenvalue weighted by molar-refractivity contribution is 6.06. The smallest absolute Gasteiger partial charge is 0.180 e. The molecule has 0 saturated heterocycles. The molecule has 0 heterocycles. The van der Waals surface area contributed by atoms with Gasteiger partial charge < -0.3 is 0 Å². The van der Waals surface area contributed by atoms with E-state index in [4.69, 9.17) is 0 Å². The van der Waals surface area contributed by atoms with Crippen molar-refractivity contribution in [1.82, 2.24) is 4.90 Å². The first kappa shape index (κ1) is 14.0. The number of nitrogens with zero attached hydrogens (tertiary/aromatic N) is 1. The average molecular weight is 276 g/mol. The fraction of sp³-hybridized carbons (Fsp3) is 0.312. The van der Waals surface area contributed by atoms with Crippen molar-refractivity contribution in [2.45, 2.75) is 18.9 Å². The minimum atomic E-state index is 0. The van der Waals surface area contributed by atoms with Crippen molar-refractivity contribution in [2.75, 3.05) is 14.1 Å². The minimum absolute atomic E-state index is 0. The highest BCUT2D eigenvalue weighted by atomic mass is 35.5. The first-order valence-corrected chi connectivity index (χ1v) is 6.40. The van der Waals surface area contributed by atoms with Gasteiger partial charge in [-0.15, -0.1) is 12.4 Å². The molecule has 1 unspecified atom stereocenters. The van der Waals surface area contributed by atoms with E-state index in [0.29, 0.717) is 0 Å². The maximum absolute atomic E-state index is 12.5. The van der Waals surface area contributed by atoms with Gasteiger partial charge in [0.15, 0.2) is 5.78 Å². The topological polar surface area (TPSA) is 20.3 Å². The molecule has 3 heteroatoms. The van der Waals surface area contributed by atoms with Crippen LogP contribution in [0.3, 0.4) is 0 Å². The Morgan fingerprint density at radius 2 is 1.84 bits per heavy atom. The number of halogens is 1. The zero-order valence-electron chi connectivity index (χ0n) is 11.2. The molecular weight excluding hydrogens is 258 g/mol. The first-order chi connectivity index (χ1) is 8.68. The van der Waals surface area contributed by atoms with Crippen LogP contribution in [0.2, 0.25) is 0 Å². The number of carbonyl (C=O) groups is 1. The van der Waals surface area contributed by atoms with Gasteiger partial charge in [0.2, 0.25) is 0 Å². The first-order valence-electron chi connectivity index (χ1n) is 6.40. The van der Waals surface area contributed by atoms with E-state index < -0.39 is 0 Å². The summed E-state index contributed by atoms with van der Waals surface area (Å²) in [6, 6.07) is 12.4. The molecule has 0 aliphatic heterocycles. The van der Waals surface area contributed by atoms with Crippen LogP contribution in [0.5, 0.6) is 0 Å². The molecule has 2 aromatic rings. The number of likely N-dealkylation sites (N-methyl/N-ethyl adjacent to an activating group) is 1. The van der Waals surface area contributed by atoms with Crippen molar-refractivity contribution in [3.63, 3.8) is 0 Å². The number of hydrogen-bond donors (Lipinski definition) is 0. The number of Topliss-reactive ketones (excluding diaryl/α,β-unsaturated/α-hetero) is 1.